The van der Waals surface area contributed by atoms with E-state index in [4.69, 9.17) is 23.2 Å². The van der Waals surface area contributed by atoms with E-state index in [1.807, 2.05) is 30.7 Å². The number of aryl methyl sites for hydroxylation is 2. The zero-order valence-electron chi connectivity index (χ0n) is 10.8. The summed E-state index contributed by atoms with van der Waals surface area (Å²) in [4.78, 5) is 0. The average Bonchev–Trinajstić information content (AvgIpc) is 2.69. The summed E-state index contributed by atoms with van der Waals surface area (Å²) in [6, 6.07) is 9.11. The second-order valence-corrected chi connectivity index (χ2v) is 5.34. The van der Waals surface area contributed by atoms with Crippen molar-refractivity contribution >= 4 is 23.2 Å². The van der Waals surface area contributed by atoms with Gasteiger partial charge in [0.25, 0.3) is 0 Å². The maximum Gasteiger partial charge on any atom is 0.0993 e. The molecule has 0 aliphatic rings. The standard InChI is InChI=1S/C14H16Cl2N2O/c1-9-3-4-10(2)18(9)17-8-14(19)12-7-11(15)5-6-13(12)16/h3-7,14,17,19H,8H2,1-2H3. The van der Waals surface area contributed by atoms with Gasteiger partial charge in [0.2, 0.25) is 0 Å². The van der Waals surface area contributed by atoms with Gasteiger partial charge >= 0.3 is 0 Å². The van der Waals surface area contributed by atoms with Gasteiger partial charge in [0.05, 0.1) is 12.6 Å². The summed E-state index contributed by atoms with van der Waals surface area (Å²) in [5.74, 6) is 0. The van der Waals surface area contributed by atoms with Gasteiger partial charge in [0, 0.05) is 27.0 Å². The van der Waals surface area contributed by atoms with Crippen LogP contribution in [0.5, 0.6) is 0 Å². The van der Waals surface area contributed by atoms with Crippen LogP contribution in [-0.2, 0) is 0 Å². The first-order chi connectivity index (χ1) is 8.99. The van der Waals surface area contributed by atoms with Crippen molar-refractivity contribution in [3.63, 3.8) is 0 Å². The Morgan fingerprint density at radius 2 is 1.79 bits per heavy atom. The van der Waals surface area contributed by atoms with Gasteiger partial charge < -0.3 is 10.5 Å². The van der Waals surface area contributed by atoms with E-state index in [0.717, 1.165) is 11.4 Å². The van der Waals surface area contributed by atoms with E-state index < -0.39 is 6.10 Å². The van der Waals surface area contributed by atoms with Crippen LogP contribution in [-0.4, -0.2) is 16.3 Å². The van der Waals surface area contributed by atoms with Crippen LogP contribution in [0.3, 0.4) is 0 Å². The molecule has 0 amide bonds. The van der Waals surface area contributed by atoms with E-state index >= 15 is 0 Å². The minimum atomic E-state index is -0.715. The van der Waals surface area contributed by atoms with Crippen molar-refractivity contribution in [1.82, 2.24) is 4.68 Å². The van der Waals surface area contributed by atoms with Crippen LogP contribution in [0.2, 0.25) is 10.0 Å². The van der Waals surface area contributed by atoms with E-state index in [9.17, 15) is 5.11 Å². The first-order valence-corrected chi connectivity index (χ1v) is 6.76. The summed E-state index contributed by atoms with van der Waals surface area (Å²) >= 11 is 12.0. The molecule has 2 N–H and O–H groups in total. The highest BCUT2D eigenvalue weighted by Crippen LogP contribution is 2.26. The number of aliphatic hydroxyl groups is 1. The fourth-order valence-electron chi connectivity index (χ4n) is 1.98. The number of rotatable bonds is 4. The molecule has 2 aromatic rings. The van der Waals surface area contributed by atoms with E-state index in [-0.39, 0.29) is 0 Å². The van der Waals surface area contributed by atoms with Crippen molar-refractivity contribution in [3.8, 4) is 0 Å². The largest absolute Gasteiger partial charge is 0.386 e. The molecule has 0 saturated heterocycles. The number of hydrogen-bond donors (Lipinski definition) is 2. The van der Waals surface area contributed by atoms with Crippen LogP contribution >= 0.6 is 23.2 Å². The third-order valence-corrected chi connectivity index (χ3v) is 3.61. The Morgan fingerprint density at radius 3 is 2.42 bits per heavy atom. The summed E-state index contributed by atoms with van der Waals surface area (Å²) in [5, 5.41) is 11.3. The smallest absolute Gasteiger partial charge is 0.0993 e. The van der Waals surface area contributed by atoms with E-state index in [2.05, 4.69) is 5.43 Å². The molecule has 0 saturated carbocycles. The monoisotopic (exact) mass is 298 g/mol. The maximum atomic E-state index is 10.2. The van der Waals surface area contributed by atoms with Crippen molar-refractivity contribution in [2.45, 2.75) is 20.0 Å². The Balaban J connectivity index is 2.09. The van der Waals surface area contributed by atoms with Gasteiger partial charge in [-0.25, -0.2) is 0 Å². The highest BCUT2D eigenvalue weighted by Gasteiger charge is 2.12. The Kier molecular flexibility index (Phi) is 4.40. The van der Waals surface area contributed by atoms with Crippen LogP contribution in [0.15, 0.2) is 30.3 Å². The second kappa shape index (κ2) is 5.87. The highest BCUT2D eigenvalue weighted by molar-refractivity contribution is 6.33. The predicted octanol–water partition coefficient (Wildman–Crippen LogP) is 3.69. The average molecular weight is 299 g/mol. The van der Waals surface area contributed by atoms with Gasteiger partial charge in [0.15, 0.2) is 0 Å². The molecule has 0 bridgehead atoms. The summed E-state index contributed by atoms with van der Waals surface area (Å²) in [6.45, 7) is 4.36. The lowest BCUT2D eigenvalue weighted by atomic mass is 10.1. The Morgan fingerprint density at radius 1 is 1.16 bits per heavy atom. The maximum absolute atomic E-state index is 10.2. The van der Waals surface area contributed by atoms with Crippen LogP contribution in [0.25, 0.3) is 0 Å². The van der Waals surface area contributed by atoms with Crippen LogP contribution in [0.1, 0.15) is 23.1 Å². The van der Waals surface area contributed by atoms with Crippen molar-refractivity contribution in [2.75, 3.05) is 12.0 Å². The molecule has 0 spiro atoms. The molecule has 1 unspecified atom stereocenters. The Bertz CT molecular complexity index is 561. The number of nitrogens with zero attached hydrogens (tertiary/aromatic N) is 1. The van der Waals surface area contributed by atoms with E-state index in [1.165, 1.54) is 0 Å². The van der Waals surface area contributed by atoms with Crippen LogP contribution < -0.4 is 5.43 Å². The van der Waals surface area contributed by atoms with Gasteiger partial charge in [-0.3, -0.25) is 4.68 Å². The third-order valence-electron chi connectivity index (χ3n) is 3.03. The quantitative estimate of drug-likeness (QED) is 0.903. The number of aliphatic hydroxyl groups excluding tert-OH is 1. The van der Waals surface area contributed by atoms with Gasteiger partial charge in [0.1, 0.15) is 0 Å². The molecular formula is C14H16Cl2N2O. The number of halogens is 2. The Hall–Kier alpha value is -1.16. The van der Waals surface area contributed by atoms with Gasteiger partial charge in [-0.15, -0.1) is 0 Å². The summed E-state index contributed by atoms with van der Waals surface area (Å²) in [5.41, 5.74) is 5.97. The SMILES string of the molecule is Cc1ccc(C)n1NCC(O)c1cc(Cl)ccc1Cl. The second-order valence-electron chi connectivity index (χ2n) is 4.50. The van der Waals surface area contributed by atoms with Crippen molar-refractivity contribution in [3.05, 3.63) is 57.3 Å². The minimum Gasteiger partial charge on any atom is -0.386 e. The first kappa shape index (κ1) is 14.3. The Labute approximate surface area is 122 Å². The molecule has 102 valence electrons. The molecule has 1 atom stereocenters. The van der Waals surface area contributed by atoms with Crippen LogP contribution in [0.4, 0.5) is 0 Å². The summed E-state index contributed by atoms with van der Waals surface area (Å²) < 4.78 is 1.93. The zero-order valence-corrected chi connectivity index (χ0v) is 12.3. The van der Waals surface area contributed by atoms with Gasteiger partial charge in [-0.2, -0.15) is 0 Å². The number of hydrogen-bond acceptors (Lipinski definition) is 2. The molecule has 1 aromatic carbocycles. The summed E-state index contributed by atoms with van der Waals surface area (Å²) in [7, 11) is 0. The molecule has 3 nitrogen and oxygen atoms in total. The molecule has 0 fully saturated rings. The van der Waals surface area contributed by atoms with E-state index in [0.29, 0.717) is 22.2 Å². The minimum absolute atomic E-state index is 0.358. The molecule has 0 radical (unpaired) electrons. The molecule has 1 heterocycles. The lowest BCUT2D eigenvalue weighted by molar-refractivity contribution is 0.188. The fraction of sp³-hybridized carbons (Fsp3) is 0.286. The molecule has 5 heteroatoms. The molecule has 19 heavy (non-hydrogen) atoms. The number of aromatic nitrogens is 1. The highest BCUT2D eigenvalue weighted by atomic mass is 35.5. The third kappa shape index (κ3) is 3.24. The lowest BCUT2D eigenvalue weighted by Gasteiger charge is -2.17. The molecule has 0 aliphatic carbocycles. The van der Waals surface area contributed by atoms with E-state index in [1.54, 1.807) is 18.2 Å². The molecule has 2 rings (SSSR count). The fourth-order valence-corrected chi connectivity index (χ4v) is 2.40. The number of nitrogens with one attached hydrogen (secondary N) is 1. The normalized spacial score (nSPS) is 12.5. The number of benzene rings is 1. The topological polar surface area (TPSA) is 37.2 Å². The first-order valence-electron chi connectivity index (χ1n) is 6.01. The van der Waals surface area contributed by atoms with Crippen molar-refractivity contribution in [2.24, 2.45) is 0 Å². The van der Waals surface area contributed by atoms with Crippen LogP contribution in [0, 0.1) is 13.8 Å². The van der Waals surface area contributed by atoms with Gasteiger partial charge in [-0.1, -0.05) is 23.2 Å². The lowest BCUT2D eigenvalue weighted by Crippen LogP contribution is -2.23. The molecule has 1 aromatic heterocycles. The summed E-state index contributed by atoms with van der Waals surface area (Å²) in [6.07, 6.45) is -0.715. The predicted molar refractivity (Wildman–Crippen MR) is 79.6 cm³/mol. The van der Waals surface area contributed by atoms with Gasteiger partial charge in [-0.05, 0) is 44.2 Å². The molecular weight excluding hydrogens is 283 g/mol. The molecule has 0 aliphatic heterocycles. The van der Waals surface area contributed by atoms with Crippen molar-refractivity contribution < 1.29 is 5.11 Å². The van der Waals surface area contributed by atoms with Crippen molar-refractivity contribution in [1.29, 1.82) is 0 Å². The zero-order chi connectivity index (χ0) is 14.0.